The Hall–Kier alpha value is -1.46. The summed E-state index contributed by atoms with van der Waals surface area (Å²) >= 11 is 1.51. The van der Waals surface area contributed by atoms with Gasteiger partial charge < -0.3 is 10.0 Å². The summed E-state index contributed by atoms with van der Waals surface area (Å²) in [6.45, 7) is 2.00. The Kier molecular flexibility index (Phi) is 3.95. The van der Waals surface area contributed by atoms with Gasteiger partial charge in [-0.2, -0.15) is 0 Å². The molecule has 112 valence electrons. The highest BCUT2D eigenvalue weighted by molar-refractivity contribution is 7.15. The van der Waals surface area contributed by atoms with Gasteiger partial charge in [0.05, 0.1) is 23.2 Å². The van der Waals surface area contributed by atoms with Gasteiger partial charge in [0.1, 0.15) is 5.82 Å². The zero-order valence-corrected chi connectivity index (χ0v) is 13.0. The fourth-order valence-electron chi connectivity index (χ4n) is 2.48. The molecule has 0 bridgehead atoms. The maximum absolute atomic E-state index is 13.9. The van der Waals surface area contributed by atoms with E-state index in [1.165, 1.54) is 17.4 Å². The molecule has 1 atom stereocenters. The minimum absolute atomic E-state index is 0.0332. The molecule has 0 radical (unpaired) electrons. The first kappa shape index (κ1) is 14.5. The van der Waals surface area contributed by atoms with Gasteiger partial charge in [-0.3, -0.25) is 0 Å². The van der Waals surface area contributed by atoms with Crippen LogP contribution in [0, 0.1) is 5.82 Å². The first-order valence-corrected chi connectivity index (χ1v) is 8.01. The number of aliphatic hydroxyl groups is 1. The highest BCUT2D eigenvalue weighted by Gasteiger charge is 2.30. The molecule has 0 amide bonds. The normalized spacial score (nSPS) is 16.0. The Morgan fingerprint density at radius 2 is 2.14 bits per heavy atom. The van der Waals surface area contributed by atoms with Crippen LogP contribution in [0.1, 0.15) is 47.9 Å². The third-order valence-corrected chi connectivity index (χ3v) is 5.21. The van der Waals surface area contributed by atoms with Crippen molar-refractivity contribution in [3.8, 4) is 0 Å². The summed E-state index contributed by atoms with van der Waals surface area (Å²) in [6.07, 6.45) is 2.31. The Morgan fingerprint density at radius 1 is 1.43 bits per heavy atom. The van der Waals surface area contributed by atoms with Gasteiger partial charge in [-0.15, -0.1) is 0 Å². The molecular formula is C16H19FN2OS. The van der Waals surface area contributed by atoms with Crippen LogP contribution in [0.3, 0.4) is 0 Å². The van der Waals surface area contributed by atoms with Gasteiger partial charge in [0.2, 0.25) is 0 Å². The largest absolute Gasteiger partial charge is 0.391 e. The van der Waals surface area contributed by atoms with E-state index in [9.17, 15) is 9.50 Å². The van der Waals surface area contributed by atoms with Crippen molar-refractivity contribution in [3.05, 3.63) is 46.2 Å². The van der Waals surface area contributed by atoms with Crippen LogP contribution >= 0.6 is 11.3 Å². The summed E-state index contributed by atoms with van der Waals surface area (Å²) in [4.78, 5) is 7.61. The monoisotopic (exact) mass is 306 g/mol. The van der Waals surface area contributed by atoms with Crippen molar-refractivity contribution in [1.29, 1.82) is 0 Å². The summed E-state index contributed by atoms with van der Waals surface area (Å²) in [6, 6.07) is 6.73. The predicted molar refractivity (Wildman–Crippen MR) is 83.2 cm³/mol. The Morgan fingerprint density at radius 3 is 2.76 bits per heavy atom. The molecule has 1 aliphatic carbocycles. The molecule has 1 fully saturated rings. The summed E-state index contributed by atoms with van der Waals surface area (Å²) in [7, 11) is 1.92. The molecule has 1 saturated carbocycles. The first-order valence-electron chi connectivity index (χ1n) is 7.19. The Balaban J connectivity index is 1.87. The minimum atomic E-state index is -0.196. The standard InChI is InChI=1S/C16H19FN2OS/c1-10(12-5-3-4-6-13(12)17)19(2)16-18-15(11-7-8-11)14(9-20)21-16/h3-6,10-11,20H,7-9H2,1-2H3. The number of thiazole rings is 1. The van der Waals surface area contributed by atoms with Crippen LogP contribution in [0.5, 0.6) is 0 Å². The van der Waals surface area contributed by atoms with Crippen LogP contribution < -0.4 is 4.90 Å². The van der Waals surface area contributed by atoms with Gasteiger partial charge in [0.15, 0.2) is 5.13 Å². The maximum Gasteiger partial charge on any atom is 0.186 e. The van der Waals surface area contributed by atoms with E-state index in [4.69, 9.17) is 0 Å². The molecule has 1 N–H and O–H groups in total. The van der Waals surface area contributed by atoms with Crippen molar-refractivity contribution >= 4 is 16.5 Å². The fourth-order valence-corrected chi connectivity index (χ4v) is 3.53. The lowest BCUT2D eigenvalue weighted by Crippen LogP contribution is -2.22. The van der Waals surface area contributed by atoms with E-state index in [1.807, 2.05) is 24.9 Å². The van der Waals surface area contributed by atoms with Crippen LogP contribution in [0.15, 0.2) is 24.3 Å². The number of anilines is 1. The molecule has 3 rings (SSSR count). The molecule has 2 aromatic rings. The van der Waals surface area contributed by atoms with Crippen molar-refractivity contribution in [2.45, 2.75) is 38.3 Å². The second-order valence-electron chi connectivity index (χ2n) is 5.55. The van der Waals surface area contributed by atoms with Crippen molar-refractivity contribution in [3.63, 3.8) is 0 Å². The number of halogens is 1. The van der Waals surface area contributed by atoms with Crippen molar-refractivity contribution in [1.82, 2.24) is 4.98 Å². The van der Waals surface area contributed by atoms with Gasteiger partial charge in [0.25, 0.3) is 0 Å². The predicted octanol–water partition coefficient (Wildman–Crippen LogP) is 3.85. The molecule has 3 nitrogen and oxygen atoms in total. The van der Waals surface area contributed by atoms with Crippen LogP contribution in [-0.4, -0.2) is 17.1 Å². The molecule has 5 heteroatoms. The second kappa shape index (κ2) is 5.73. The van der Waals surface area contributed by atoms with Crippen molar-refractivity contribution < 1.29 is 9.50 Å². The number of aliphatic hydroxyl groups excluding tert-OH is 1. The van der Waals surface area contributed by atoms with E-state index in [0.29, 0.717) is 11.5 Å². The lowest BCUT2D eigenvalue weighted by atomic mass is 10.1. The molecule has 1 unspecified atom stereocenters. The fraction of sp³-hybridized carbons (Fsp3) is 0.438. The topological polar surface area (TPSA) is 36.4 Å². The van der Waals surface area contributed by atoms with E-state index in [-0.39, 0.29) is 18.5 Å². The van der Waals surface area contributed by atoms with E-state index in [2.05, 4.69) is 4.98 Å². The number of benzene rings is 1. The third-order valence-electron chi connectivity index (χ3n) is 4.06. The van der Waals surface area contributed by atoms with Crippen molar-refractivity contribution in [2.75, 3.05) is 11.9 Å². The quantitative estimate of drug-likeness (QED) is 0.911. The number of aromatic nitrogens is 1. The summed E-state index contributed by atoms with van der Waals surface area (Å²) in [5.74, 6) is 0.313. The van der Waals surface area contributed by atoms with E-state index >= 15 is 0 Å². The van der Waals surface area contributed by atoms with E-state index in [0.717, 1.165) is 28.5 Å². The Bertz CT molecular complexity index is 639. The third kappa shape index (κ3) is 2.80. The number of nitrogens with zero attached hydrogens (tertiary/aromatic N) is 2. The molecule has 0 spiro atoms. The van der Waals surface area contributed by atoms with Gasteiger partial charge in [-0.05, 0) is 25.8 Å². The number of hydrogen-bond acceptors (Lipinski definition) is 4. The molecule has 1 heterocycles. The number of rotatable bonds is 5. The van der Waals surface area contributed by atoms with Crippen LogP contribution in [0.25, 0.3) is 0 Å². The zero-order valence-electron chi connectivity index (χ0n) is 12.2. The van der Waals surface area contributed by atoms with E-state index < -0.39 is 0 Å². The molecule has 0 saturated heterocycles. The number of hydrogen-bond donors (Lipinski definition) is 1. The smallest absolute Gasteiger partial charge is 0.186 e. The van der Waals surface area contributed by atoms with Gasteiger partial charge in [-0.1, -0.05) is 29.5 Å². The minimum Gasteiger partial charge on any atom is -0.391 e. The molecule has 1 aromatic heterocycles. The van der Waals surface area contributed by atoms with Crippen LogP contribution in [0.2, 0.25) is 0 Å². The molecule has 21 heavy (non-hydrogen) atoms. The average Bonchev–Trinajstić information content (AvgIpc) is 3.25. The average molecular weight is 306 g/mol. The SMILES string of the molecule is CC(c1ccccc1F)N(C)c1nc(C2CC2)c(CO)s1. The lowest BCUT2D eigenvalue weighted by Gasteiger charge is -2.25. The highest BCUT2D eigenvalue weighted by Crippen LogP contribution is 2.44. The summed E-state index contributed by atoms with van der Waals surface area (Å²) in [5, 5.41) is 10.3. The van der Waals surface area contributed by atoms with Gasteiger partial charge >= 0.3 is 0 Å². The van der Waals surface area contributed by atoms with Crippen LogP contribution in [-0.2, 0) is 6.61 Å². The molecule has 1 aromatic carbocycles. The summed E-state index contributed by atoms with van der Waals surface area (Å²) in [5.41, 5.74) is 1.69. The molecular weight excluding hydrogens is 287 g/mol. The highest BCUT2D eigenvalue weighted by atomic mass is 32.1. The van der Waals surface area contributed by atoms with E-state index in [1.54, 1.807) is 12.1 Å². The van der Waals surface area contributed by atoms with Gasteiger partial charge in [0, 0.05) is 18.5 Å². The van der Waals surface area contributed by atoms with Crippen LogP contribution in [0.4, 0.5) is 9.52 Å². The second-order valence-corrected chi connectivity index (χ2v) is 6.61. The van der Waals surface area contributed by atoms with Gasteiger partial charge in [-0.25, -0.2) is 9.37 Å². The molecule has 0 aliphatic heterocycles. The first-order chi connectivity index (χ1) is 10.1. The van der Waals surface area contributed by atoms with Crippen molar-refractivity contribution in [2.24, 2.45) is 0 Å². The zero-order chi connectivity index (χ0) is 15.0. The summed E-state index contributed by atoms with van der Waals surface area (Å²) < 4.78 is 13.9. The lowest BCUT2D eigenvalue weighted by molar-refractivity contribution is 0.284. The maximum atomic E-state index is 13.9. The molecule has 1 aliphatic rings. The Labute approximate surface area is 128 Å².